The molecule has 1 aromatic rings. The minimum absolute atomic E-state index is 0.0941. The highest BCUT2D eigenvalue weighted by molar-refractivity contribution is 7.51. The molecule has 0 saturated carbocycles. The predicted molar refractivity (Wildman–Crippen MR) is 136 cm³/mol. The van der Waals surface area contributed by atoms with Gasteiger partial charge in [0.2, 0.25) is 5.95 Å². The van der Waals surface area contributed by atoms with Crippen LogP contribution in [0.1, 0.15) is 19.3 Å². The summed E-state index contributed by atoms with van der Waals surface area (Å²) in [6, 6.07) is 2.12. The zero-order valence-electron chi connectivity index (χ0n) is 20.5. The lowest BCUT2D eigenvalue weighted by Crippen LogP contribution is -2.40. The summed E-state index contributed by atoms with van der Waals surface area (Å²) in [5.41, 5.74) is 7.88. The number of nitrogens with one attached hydrogen (secondary N) is 4. The van der Waals surface area contributed by atoms with Gasteiger partial charge in [-0.15, -0.1) is 0 Å². The van der Waals surface area contributed by atoms with Crippen LogP contribution in [-0.2, 0) is 9.30 Å². The number of hydrogen-bond donors (Lipinski definition) is 7. The van der Waals surface area contributed by atoms with Gasteiger partial charge < -0.3 is 45.4 Å². The van der Waals surface area contributed by atoms with Crippen molar-refractivity contribution in [2.45, 2.75) is 25.3 Å². The van der Waals surface area contributed by atoms with Crippen LogP contribution in [0.15, 0.2) is 23.1 Å². The molecule has 0 radical (unpaired) electrons. The van der Waals surface area contributed by atoms with E-state index < -0.39 is 7.60 Å². The standard InChI is InChI=1S/C21H38N9O5P/c22-28-18(15-23-4-1-10-31)16-24-21-26-19(14-20(27-21)30-7-11-35-12-8-30)25-17-2-5-29(6-3-17)9-13-36(32,33)34/h14-15,17,22-23,31H,1-13,16H2,(H2,32,33,34)(H2,24,25,26,27)/b18-15-,28-22?. The molecule has 0 spiro atoms. The molecule has 1 aromatic heterocycles. The van der Waals surface area contributed by atoms with E-state index in [0.29, 0.717) is 50.2 Å². The number of piperidine rings is 1. The van der Waals surface area contributed by atoms with E-state index in [-0.39, 0.29) is 25.4 Å². The Morgan fingerprint density at radius 3 is 2.67 bits per heavy atom. The maximum atomic E-state index is 11.2. The number of anilines is 3. The topological polar surface area (TPSA) is 192 Å². The van der Waals surface area contributed by atoms with Crippen LogP contribution in [0.4, 0.5) is 17.6 Å². The first-order valence-electron chi connectivity index (χ1n) is 12.3. The molecular weight excluding hydrogens is 489 g/mol. The van der Waals surface area contributed by atoms with Gasteiger partial charge in [-0.2, -0.15) is 15.1 Å². The minimum atomic E-state index is -3.98. The van der Waals surface area contributed by atoms with Gasteiger partial charge in [0.1, 0.15) is 11.6 Å². The van der Waals surface area contributed by atoms with E-state index in [1.54, 1.807) is 6.20 Å². The Morgan fingerprint density at radius 1 is 1.25 bits per heavy atom. The number of rotatable bonds is 14. The highest BCUT2D eigenvalue weighted by Crippen LogP contribution is 2.34. The van der Waals surface area contributed by atoms with E-state index in [0.717, 1.165) is 44.8 Å². The first-order valence-corrected chi connectivity index (χ1v) is 14.1. The van der Waals surface area contributed by atoms with Gasteiger partial charge in [-0.3, -0.25) is 4.57 Å². The largest absolute Gasteiger partial charge is 0.396 e. The molecule has 2 fully saturated rings. The van der Waals surface area contributed by atoms with Crippen molar-refractivity contribution in [3.05, 3.63) is 18.0 Å². The molecule has 3 rings (SSSR count). The average molecular weight is 528 g/mol. The van der Waals surface area contributed by atoms with Crippen molar-refractivity contribution in [2.24, 2.45) is 5.11 Å². The summed E-state index contributed by atoms with van der Waals surface area (Å²) in [6.07, 6.45) is 3.81. The van der Waals surface area contributed by atoms with Gasteiger partial charge in [-0.1, -0.05) is 0 Å². The molecule has 14 nitrogen and oxygen atoms in total. The summed E-state index contributed by atoms with van der Waals surface area (Å²) in [7, 11) is -3.98. The highest BCUT2D eigenvalue weighted by Gasteiger charge is 2.23. The van der Waals surface area contributed by atoms with E-state index in [2.05, 4.69) is 40.8 Å². The Hall–Kier alpha value is -2.35. The van der Waals surface area contributed by atoms with Crippen molar-refractivity contribution in [1.29, 1.82) is 5.53 Å². The molecule has 0 amide bonds. The Balaban J connectivity index is 1.63. The lowest BCUT2D eigenvalue weighted by molar-refractivity contribution is 0.122. The second-order valence-electron chi connectivity index (χ2n) is 8.82. The molecule has 0 unspecified atom stereocenters. The lowest BCUT2D eigenvalue weighted by atomic mass is 10.1. The van der Waals surface area contributed by atoms with Crippen LogP contribution in [0.2, 0.25) is 0 Å². The Kier molecular flexibility index (Phi) is 11.3. The second-order valence-corrected chi connectivity index (χ2v) is 10.6. The molecule has 0 atom stereocenters. The smallest absolute Gasteiger partial charge is 0.326 e. The van der Waals surface area contributed by atoms with Crippen molar-refractivity contribution in [2.75, 3.05) is 87.3 Å². The molecule has 0 aromatic carbocycles. The molecule has 15 heteroatoms. The van der Waals surface area contributed by atoms with Crippen LogP contribution >= 0.6 is 7.60 Å². The zero-order valence-corrected chi connectivity index (χ0v) is 21.4. The van der Waals surface area contributed by atoms with Gasteiger partial charge in [-0.05, 0) is 19.3 Å². The third-order valence-corrected chi connectivity index (χ3v) is 6.80. The number of hydrogen-bond acceptors (Lipinski definition) is 12. The van der Waals surface area contributed by atoms with Crippen LogP contribution in [0.3, 0.4) is 0 Å². The fourth-order valence-electron chi connectivity index (χ4n) is 3.99. The zero-order chi connectivity index (χ0) is 25.8. The fraction of sp³-hybridized carbons (Fsp3) is 0.714. The van der Waals surface area contributed by atoms with Crippen LogP contribution in [0, 0.1) is 5.53 Å². The summed E-state index contributed by atoms with van der Waals surface area (Å²) >= 11 is 0. The average Bonchev–Trinajstić information content (AvgIpc) is 2.88. The Labute approximate surface area is 211 Å². The van der Waals surface area contributed by atoms with Gasteiger partial charge in [0, 0.05) is 64.2 Å². The molecule has 36 heavy (non-hydrogen) atoms. The van der Waals surface area contributed by atoms with Gasteiger partial charge in [-0.25, -0.2) is 5.53 Å². The normalized spacial score (nSPS) is 18.2. The molecule has 2 aliphatic rings. The van der Waals surface area contributed by atoms with Crippen LogP contribution < -0.4 is 20.9 Å². The van der Waals surface area contributed by atoms with Crippen LogP contribution in [0.5, 0.6) is 0 Å². The maximum Gasteiger partial charge on any atom is 0.326 e. The molecule has 0 aliphatic carbocycles. The van der Waals surface area contributed by atoms with E-state index in [4.69, 9.17) is 25.2 Å². The van der Waals surface area contributed by atoms with Gasteiger partial charge in [0.15, 0.2) is 0 Å². The number of aliphatic hydroxyl groups is 1. The molecule has 0 bridgehead atoms. The van der Waals surface area contributed by atoms with Crippen molar-refractivity contribution < 1.29 is 24.2 Å². The van der Waals surface area contributed by atoms with Crippen molar-refractivity contribution >= 4 is 25.2 Å². The summed E-state index contributed by atoms with van der Waals surface area (Å²) in [5, 5.41) is 22.1. The third kappa shape index (κ3) is 9.96. The number of nitrogens with zero attached hydrogens (tertiary/aromatic N) is 5. The maximum absolute atomic E-state index is 11.2. The fourth-order valence-corrected chi connectivity index (χ4v) is 4.53. The monoisotopic (exact) mass is 527 g/mol. The van der Waals surface area contributed by atoms with E-state index in [1.165, 1.54) is 0 Å². The molecule has 2 aliphatic heterocycles. The lowest BCUT2D eigenvalue weighted by Gasteiger charge is -2.33. The van der Waals surface area contributed by atoms with Crippen LogP contribution in [0.25, 0.3) is 0 Å². The van der Waals surface area contributed by atoms with Crippen molar-refractivity contribution in [1.82, 2.24) is 20.2 Å². The summed E-state index contributed by atoms with van der Waals surface area (Å²) < 4.78 is 16.6. The number of ether oxygens (including phenoxy) is 1. The number of morpholine rings is 1. The molecule has 7 N–H and O–H groups in total. The van der Waals surface area contributed by atoms with E-state index >= 15 is 0 Å². The summed E-state index contributed by atoms with van der Waals surface area (Å²) in [6.45, 7) is 5.58. The molecular formula is C21H38N9O5P. The highest BCUT2D eigenvalue weighted by atomic mass is 31.2. The molecule has 3 heterocycles. The number of aliphatic hydroxyl groups excluding tert-OH is 1. The minimum Gasteiger partial charge on any atom is -0.396 e. The SMILES string of the molecule is N=N/C(=C\NCCCO)CNc1nc(NC2CCN(CCP(=O)(O)O)CC2)cc(N2CCOCC2)n1. The second kappa shape index (κ2) is 14.4. The summed E-state index contributed by atoms with van der Waals surface area (Å²) in [5.74, 6) is 1.90. The molecule has 202 valence electrons. The van der Waals surface area contributed by atoms with E-state index in [1.807, 2.05) is 6.07 Å². The van der Waals surface area contributed by atoms with Gasteiger partial charge in [0.25, 0.3) is 0 Å². The van der Waals surface area contributed by atoms with Crippen LogP contribution in [-0.4, -0.2) is 108 Å². The van der Waals surface area contributed by atoms with Gasteiger partial charge in [0.05, 0.1) is 31.6 Å². The predicted octanol–water partition coefficient (Wildman–Crippen LogP) is 0.623. The van der Waals surface area contributed by atoms with Crippen molar-refractivity contribution in [3.8, 4) is 0 Å². The van der Waals surface area contributed by atoms with Gasteiger partial charge >= 0.3 is 7.60 Å². The number of likely N-dealkylation sites (tertiary alicyclic amines) is 1. The summed E-state index contributed by atoms with van der Waals surface area (Å²) in [4.78, 5) is 31.8. The van der Waals surface area contributed by atoms with E-state index in [9.17, 15) is 4.57 Å². The first-order chi connectivity index (χ1) is 17.4. The first kappa shape index (κ1) is 28.2. The molecule has 2 saturated heterocycles. The Morgan fingerprint density at radius 2 is 2.00 bits per heavy atom. The third-order valence-electron chi connectivity index (χ3n) is 6.01. The van der Waals surface area contributed by atoms with Crippen molar-refractivity contribution in [3.63, 3.8) is 0 Å². The quantitative estimate of drug-likeness (QED) is 0.102. The Bertz CT molecular complexity index is 902. The number of aromatic nitrogens is 2.